The molecule has 0 spiro atoms. The molecule has 0 aromatic heterocycles. The van der Waals surface area contributed by atoms with Gasteiger partial charge in [-0.3, -0.25) is 4.79 Å². The van der Waals surface area contributed by atoms with Crippen LogP contribution in [0.25, 0.3) is 0 Å². The lowest BCUT2D eigenvalue weighted by Gasteiger charge is -2.21. The van der Waals surface area contributed by atoms with Crippen molar-refractivity contribution in [1.29, 1.82) is 5.26 Å². The predicted octanol–water partition coefficient (Wildman–Crippen LogP) is 5.03. The highest BCUT2D eigenvalue weighted by atomic mass is 35.5. The number of fused-ring (bicyclic) bond motifs is 1. The van der Waals surface area contributed by atoms with Crippen LogP contribution in [0.3, 0.4) is 0 Å². The van der Waals surface area contributed by atoms with Gasteiger partial charge >= 0.3 is 0 Å². The summed E-state index contributed by atoms with van der Waals surface area (Å²) in [6.45, 7) is 2.66. The van der Waals surface area contributed by atoms with Crippen LogP contribution in [-0.4, -0.2) is 12.5 Å². The van der Waals surface area contributed by atoms with Crippen molar-refractivity contribution >= 4 is 17.5 Å². The van der Waals surface area contributed by atoms with E-state index in [0.29, 0.717) is 11.6 Å². The van der Waals surface area contributed by atoms with Crippen molar-refractivity contribution in [3.63, 3.8) is 0 Å². The molecule has 0 aliphatic heterocycles. The number of benzene rings is 2. The van der Waals surface area contributed by atoms with Crippen LogP contribution in [0.2, 0.25) is 5.02 Å². The van der Waals surface area contributed by atoms with E-state index in [0.717, 1.165) is 36.8 Å². The van der Waals surface area contributed by atoms with Crippen molar-refractivity contribution in [2.45, 2.75) is 51.5 Å². The third-order valence-electron chi connectivity index (χ3n) is 5.55. The first kappa shape index (κ1) is 21.9. The number of nitrogens with zero attached hydrogens (tertiary/aromatic N) is 1. The van der Waals surface area contributed by atoms with E-state index in [1.54, 1.807) is 0 Å². The first-order valence-electron chi connectivity index (χ1n) is 10.6. The van der Waals surface area contributed by atoms with Crippen molar-refractivity contribution in [3.8, 4) is 6.07 Å². The minimum atomic E-state index is -0.350. The number of amides is 1. The highest BCUT2D eigenvalue weighted by Crippen LogP contribution is 2.26. The van der Waals surface area contributed by atoms with E-state index in [1.807, 2.05) is 37.3 Å². The molecule has 5 heteroatoms. The molecule has 1 atom stereocenters. The highest BCUT2D eigenvalue weighted by Gasteiger charge is 2.18. The van der Waals surface area contributed by atoms with Gasteiger partial charge in [0, 0.05) is 17.8 Å². The van der Waals surface area contributed by atoms with Gasteiger partial charge in [-0.1, -0.05) is 48.9 Å². The highest BCUT2D eigenvalue weighted by molar-refractivity contribution is 6.30. The van der Waals surface area contributed by atoms with E-state index in [4.69, 9.17) is 11.6 Å². The van der Waals surface area contributed by atoms with Gasteiger partial charge in [-0.2, -0.15) is 5.26 Å². The zero-order chi connectivity index (χ0) is 21.3. The molecule has 156 valence electrons. The molecule has 1 aliphatic rings. The van der Waals surface area contributed by atoms with Gasteiger partial charge < -0.3 is 10.6 Å². The summed E-state index contributed by atoms with van der Waals surface area (Å²) in [5.74, 6) is -0.350. The van der Waals surface area contributed by atoms with Gasteiger partial charge in [0.15, 0.2) is 0 Å². The minimum Gasteiger partial charge on any atom is -0.389 e. The van der Waals surface area contributed by atoms with Gasteiger partial charge in [0.05, 0.1) is 6.04 Å². The molecule has 2 N–H and O–H groups in total. The number of nitriles is 1. The lowest BCUT2D eigenvalue weighted by molar-refractivity contribution is -0.117. The average molecular weight is 422 g/mol. The summed E-state index contributed by atoms with van der Waals surface area (Å²) in [6, 6.07) is 16.1. The summed E-state index contributed by atoms with van der Waals surface area (Å²) in [5, 5.41) is 16.2. The first-order valence-corrected chi connectivity index (χ1v) is 11.0. The second-order valence-corrected chi connectivity index (χ2v) is 8.11. The third-order valence-corrected chi connectivity index (χ3v) is 5.78. The van der Waals surface area contributed by atoms with Crippen LogP contribution in [0.5, 0.6) is 0 Å². The summed E-state index contributed by atoms with van der Waals surface area (Å²) >= 11 is 6.00. The van der Waals surface area contributed by atoms with Crippen LogP contribution in [-0.2, 0) is 24.1 Å². The van der Waals surface area contributed by atoms with E-state index >= 15 is 0 Å². The van der Waals surface area contributed by atoms with Crippen molar-refractivity contribution in [3.05, 3.63) is 81.5 Å². The number of carbonyl (C=O) groups is 1. The molecular formula is C25H28ClN3O. The number of nitrogens with one attached hydrogen (secondary N) is 2. The number of hydrogen-bond acceptors (Lipinski definition) is 3. The summed E-state index contributed by atoms with van der Waals surface area (Å²) in [7, 11) is 0. The molecule has 2 aromatic carbocycles. The Kier molecular flexibility index (Phi) is 7.93. The Morgan fingerprint density at radius 1 is 1.20 bits per heavy atom. The summed E-state index contributed by atoms with van der Waals surface area (Å²) in [4.78, 5) is 12.7. The van der Waals surface area contributed by atoms with Crippen molar-refractivity contribution in [2.75, 3.05) is 6.54 Å². The van der Waals surface area contributed by atoms with Crippen LogP contribution in [0.15, 0.2) is 54.2 Å². The molecular weight excluding hydrogens is 394 g/mol. The van der Waals surface area contributed by atoms with Gasteiger partial charge in [-0.15, -0.1) is 0 Å². The monoisotopic (exact) mass is 421 g/mol. The predicted molar refractivity (Wildman–Crippen MR) is 121 cm³/mol. The molecule has 1 aliphatic carbocycles. The Bertz CT molecular complexity index is 961. The average Bonchev–Trinajstić information content (AvgIpc) is 2.77. The van der Waals surface area contributed by atoms with E-state index in [1.165, 1.54) is 30.2 Å². The summed E-state index contributed by atoms with van der Waals surface area (Å²) < 4.78 is 0. The normalized spacial score (nSPS) is 14.4. The third kappa shape index (κ3) is 5.87. The topological polar surface area (TPSA) is 64.9 Å². The summed E-state index contributed by atoms with van der Waals surface area (Å²) in [5.41, 5.74) is 5.11. The second-order valence-electron chi connectivity index (χ2n) is 7.67. The Balaban J connectivity index is 1.59. The van der Waals surface area contributed by atoms with Crippen molar-refractivity contribution < 1.29 is 4.79 Å². The molecule has 30 heavy (non-hydrogen) atoms. The van der Waals surface area contributed by atoms with Crippen LogP contribution in [0.4, 0.5) is 0 Å². The smallest absolute Gasteiger partial charge is 0.263 e. The molecule has 4 nitrogen and oxygen atoms in total. The quantitative estimate of drug-likeness (QED) is 0.357. The molecule has 0 saturated carbocycles. The summed E-state index contributed by atoms with van der Waals surface area (Å²) in [6.07, 6.45) is 7.74. The Morgan fingerprint density at radius 3 is 2.73 bits per heavy atom. The molecule has 1 unspecified atom stereocenters. The minimum absolute atomic E-state index is 0.0810. The maximum Gasteiger partial charge on any atom is 0.263 e. The molecule has 1 amide bonds. The van der Waals surface area contributed by atoms with Crippen molar-refractivity contribution in [1.82, 2.24) is 10.6 Å². The Labute approximate surface area is 183 Å². The lowest BCUT2D eigenvalue weighted by atomic mass is 9.88. The number of aryl methyl sites for hydroxylation is 2. The van der Waals surface area contributed by atoms with Crippen molar-refractivity contribution in [2.24, 2.45) is 0 Å². The van der Waals surface area contributed by atoms with Gasteiger partial charge in [0.1, 0.15) is 11.6 Å². The second kappa shape index (κ2) is 10.8. The van der Waals surface area contributed by atoms with Crippen LogP contribution < -0.4 is 10.6 Å². The van der Waals surface area contributed by atoms with E-state index in [2.05, 4.69) is 28.8 Å². The zero-order valence-corrected chi connectivity index (χ0v) is 18.1. The molecule has 0 bridgehead atoms. The van der Waals surface area contributed by atoms with E-state index in [-0.39, 0.29) is 17.5 Å². The molecule has 2 aromatic rings. The number of carbonyl (C=O) groups excluding carboxylic acids is 1. The fourth-order valence-electron chi connectivity index (χ4n) is 3.86. The SMILES string of the molecule is CCC(NC(=O)/C(C#N)=C\NCCc1cccc(Cl)c1)c1ccc2c(c1)CCCC2. The van der Waals surface area contributed by atoms with E-state index in [9.17, 15) is 10.1 Å². The van der Waals surface area contributed by atoms with Crippen LogP contribution in [0.1, 0.15) is 54.5 Å². The standard InChI is InChI=1S/C25H28ClN3O/c1-2-24(21-11-10-19-7-3-4-8-20(19)15-21)29-25(30)22(16-27)17-28-13-12-18-6-5-9-23(26)14-18/h5-6,9-11,14-15,17,24,28H,2-4,7-8,12-13H2,1H3,(H,29,30)/b22-17-. The number of rotatable bonds is 8. The Morgan fingerprint density at radius 2 is 2.00 bits per heavy atom. The van der Waals surface area contributed by atoms with Gasteiger partial charge in [-0.05, 0) is 72.9 Å². The molecule has 0 saturated heterocycles. The maximum absolute atomic E-state index is 12.7. The molecule has 3 rings (SSSR count). The Hall–Kier alpha value is -2.77. The molecule has 0 heterocycles. The largest absolute Gasteiger partial charge is 0.389 e. The van der Waals surface area contributed by atoms with Crippen LogP contribution >= 0.6 is 11.6 Å². The van der Waals surface area contributed by atoms with Crippen LogP contribution in [0, 0.1) is 11.3 Å². The fraction of sp³-hybridized carbons (Fsp3) is 0.360. The number of halogens is 1. The van der Waals surface area contributed by atoms with E-state index < -0.39 is 0 Å². The van der Waals surface area contributed by atoms with Gasteiger partial charge in [0.2, 0.25) is 0 Å². The first-order chi connectivity index (χ1) is 14.6. The fourth-order valence-corrected chi connectivity index (χ4v) is 4.07. The number of hydrogen-bond donors (Lipinski definition) is 2. The maximum atomic E-state index is 12.7. The molecule has 0 fully saturated rings. The zero-order valence-electron chi connectivity index (χ0n) is 17.4. The van der Waals surface area contributed by atoms with Gasteiger partial charge in [-0.25, -0.2) is 0 Å². The molecule has 0 radical (unpaired) electrons. The lowest BCUT2D eigenvalue weighted by Crippen LogP contribution is -2.30. The van der Waals surface area contributed by atoms with Gasteiger partial charge in [0.25, 0.3) is 5.91 Å².